The summed E-state index contributed by atoms with van der Waals surface area (Å²) in [5.41, 5.74) is 8.29. The first kappa shape index (κ1) is 21.3. The zero-order chi connectivity index (χ0) is 22.7. The molecule has 4 rings (SSSR count). The highest BCUT2D eigenvalue weighted by molar-refractivity contribution is 6.31. The Balaban J connectivity index is 1.35. The van der Waals surface area contributed by atoms with Crippen molar-refractivity contribution in [3.63, 3.8) is 0 Å². The van der Waals surface area contributed by atoms with Crippen LogP contribution in [0.5, 0.6) is 5.75 Å². The summed E-state index contributed by atoms with van der Waals surface area (Å²) in [4.78, 5) is 29.1. The number of amides is 2. The van der Waals surface area contributed by atoms with Crippen molar-refractivity contribution in [1.82, 2.24) is 25.4 Å². The molecule has 0 aliphatic carbocycles. The van der Waals surface area contributed by atoms with Gasteiger partial charge in [-0.15, -0.1) is 0 Å². The molecule has 0 saturated carbocycles. The molecule has 0 saturated heterocycles. The summed E-state index contributed by atoms with van der Waals surface area (Å²) in [7, 11) is 0. The number of aryl methyl sites for hydroxylation is 2. The summed E-state index contributed by atoms with van der Waals surface area (Å²) in [6.45, 7) is 3.97. The van der Waals surface area contributed by atoms with Crippen LogP contribution in [0, 0.1) is 13.8 Å². The monoisotopic (exact) mass is 449 g/mol. The number of fused-ring (bicyclic) bond motifs is 1. The van der Waals surface area contributed by atoms with E-state index in [4.69, 9.17) is 16.3 Å². The van der Waals surface area contributed by atoms with Crippen LogP contribution >= 0.6 is 11.6 Å². The Bertz CT molecular complexity index is 1300. The molecule has 0 fully saturated rings. The van der Waals surface area contributed by atoms with Crippen LogP contribution in [0.1, 0.15) is 37.5 Å². The van der Waals surface area contributed by atoms with E-state index in [-0.39, 0.29) is 0 Å². The third-order valence-corrected chi connectivity index (χ3v) is 5.26. The normalized spacial score (nSPS) is 10.7. The van der Waals surface area contributed by atoms with E-state index in [1.165, 1.54) is 4.52 Å². The van der Waals surface area contributed by atoms with Crippen molar-refractivity contribution >= 4 is 29.1 Å². The molecular formula is C23H20ClN5O3. The zero-order valence-electron chi connectivity index (χ0n) is 17.4. The van der Waals surface area contributed by atoms with Gasteiger partial charge in [0.25, 0.3) is 11.8 Å². The van der Waals surface area contributed by atoms with Crippen LogP contribution in [0.15, 0.2) is 60.9 Å². The molecule has 162 valence electrons. The van der Waals surface area contributed by atoms with Crippen LogP contribution in [0.3, 0.4) is 0 Å². The highest BCUT2D eigenvalue weighted by Crippen LogP contribution is 2.22. The van der Waals surface area contributed by atoms with Crippen LogP contribution in [-0.2, 0) is 6.61 Å². The van der Waals surface area contributed by atoms with Crippen LogP contribution in [-0.4, -0.2) is 26.4 Å². The molecule has 2 N–H and O–H groups in total. The van der Waals surface area contributed by atoms with Gasteiger partial charge in [0, 0.05) is 23.0 Å². The summed E-state index contributed by atoms with van der Waals surface area (Å²) in [6.07, 6.45) is 3.27. The van der Waals surface area contributed by atoms with Gasteiger partial charge in [-0.05, 0) is 61.4 Å². The number of hydrazine groups is 1. The molecule has 8 nitrogen and oxygen atoms in total. The van der Waals surface area contributed by atoms with E-state index in [1.54, 1.807) is 61.8 Å². The topological polar surface area (TPSA) is 97.6 Å². The Kier molecular flexibility index (Phi) is 6.04. The lowest BCUT2D eigenvalue weighted by molar-refractivity contribution is 0.0847. The van der Waals surface area contributed by atoms with Crippen molar-refractivity contribution in [2.24, 2.45) is 0 Å². The number of nitrogens with zero attached hydrogens (tertiary/aromatic N) is 3. The van der Waals surface area contributed by atoms with E-state index >= 15 is 0 Å². The summed E-state index contributed by atoms with van der Waals surface area (Å²) < 4.78 is 7.28. The van der Waals surface area contributed by atoms with Crippen molar-refractivity contribution in [2.45, 2.75) is 20.5 Å². The second-order valence-corrected chi connectivity index (χ2v) is 7.56. The van der Waals surface area contributed by atoms with Crippen LogP contribution in [0.4, 0.5) is 0 Å². The van der Waals surface area contributed by atoms with Gasteiger partial charge in [-0.2, -0.15) is 5.10 Å². The molecule has 4 aromatic rings. The number of hydrogen-bond donors (Lipinski definition) is 2. The summed E-state index contributed by atoms with van der Waals surface area (Å²) >= 11 is 6.03. The van der Waals surface area contributed by atoms with Gasteiger partial charge in [-0.3, -0.25) is 20.4 Å². The van der Waals surface area contributed by atoms with Crippen molar-refractivity contribution in [1.29, 1.82) is 0 Å². The lowest BCUT2D eigenvalue weighted by atomic mass is 10.1. The van der Waals surface area contributed by atoms with E-state index in [0.717, 1.165) is 11.1 Å². The number of benzene rings is 2. The average molecular weight is 450 g/mol. The first-order valence-electron chi connectivity index (χ1n) is 9.81. The molecule has 2 heterocycles. The Hall–Kier alpha value is -3.91. The van der Waals surface area contributed by atoms with Gasteiger partial charge >= 0.3 is 0 Å². The van der Waals surface area contributed by atoms with Gasteiger partial charge in [0.05, 0.1) is 5.69 Å². The van der Waals surface area contributed by atoms with Crippen LogP contribution in [0.25, 0.3) is 5.65 Å². The summed E-state index contributed by atoms with van der Waals surface area (Å²) in [5, 5.41) is 4.93. The van der Waals surface area contributed by atoms with E-state index in [2.05, 4.69) is 20.9 Å². The maximum absolute atomic E-state index is 12.6. The number of halogens is 1. The van der Waals surface area contributed by atoms with E-state index in [1.807, 2.05) is 13.0 Å². The number of carbonyl (C=O) groups is 2. The Labute approximate surface area is 189 Å². The molecule has 2 amide bonds. The highest BCUT2D eigenvalue weighted by Gasteiger charge is 2.18. The quantitative estimate of drug-likeness (QED) is 0.453. The third-order valence-electron chi connectivity index (χ3n) is 4.84. The number of ether oxygens (including phenoxy) is 1. The molecule has 0 spiro atoms. The van der Waals surface area contributed by atoms with Crippen molar-refractivity contribution in [3.8, 4) is 5.75 Å². The van der Waals surface area contributed by atoms with Gasteiger partial charge in [-0.1, -0.05) is 23.7 Å². The number of carbonyl (C=O) groups excluding carboxylic acids is 2. The zero-order valence-corrected chi connectivity index (χ0v) is 18.2. The number of hydrogen-bond acceptors (Lipinski definition) is 5. The maximum atomic E-state index is 12.6. The largest absolute Gasteiger partial charge is 0.489 e. The fourth-order valence-electron chi connectivity index (χ4n) is 3.14. The first-order valence-corrected chi connectivity index (χ1v) is 10.2. The smallest absolute Gasteiger partial charge is 0.275 e. The predicted molar refractivity (Wildman–Crippen MR) is 120 cm³/mol. The van der Waals surface area contributed by atoms with Crippen LogP contribution < -0.4 is 15.6 Å². The molecular weight excluding hydrogens is 430 g/mol. The molecule has 0 radical (unpaired) electrons. The molecule has 0 unspecified atom stereocenters. The SMILES string of the molecule is Cc1cc(OCc2ccc(C(=O)NNC(=O)c3c(C)nn4cccnc34)cc2)ccc1Cl. The molecule has 2 aromatic heterocycles. The molecule has 0 aliphatic heterocycles. The standard InChI is InChI=1S/C23H20ClN5O3/c1-14-12-18(8-9-19(14)24)32-13-16-4-6-17(7-5-16)22(30)26-27-23(31)20-15(2)28-29-11-3-10-25-21(20)29/h3-12H,13H2,1-2H3,(H,26,30)(H,27,31). The van der Waals surface area contributed by atoms with E-state index in [9.17, 15) is 9.59 Å². The molecule has 0 aliphatic rings. The number of aromatic nitrogens is 3. The minimum Gasteiger partial charge on any atom is -0.489 e. The maximum Gasteiger partial charge on any atom is 0.275 e. The van der Waals surface area contributed by atoms with Gasteiger partial charge in [0.1, 0.15) is 17.9 Å². The molecule has 32 heavy (non-hydrogen) atoms. The Morgan fingerprint density at radius 1 is 1.06 bits per heavy atom. The minimum absolute atomic E-state index is 0.302. The predicted octanol–water partition coefficient (Wildman–Crippen LogP) is 3.65. The Morgan fingerprint density at radius 3 is 2.56 bits per heavy atom. The molecule has 9 heteroatoms. The Morgan fingerprint density at radius 2 is 1.81 bits per heavy atom. The van der Waals surface area contributed by atoms with Gasteiger partial charge < -0.3 is 4.74 Å². The van der Waals surface area contributed by atoms with E-state index < -0.39 is 11.8 Å². The van der Waals surface area contributed by atoms with E-state index in [0.29, 0.717) is 39.8 Å². The number of nitrogens with one attached hydrogen (secondary N) is 2. The molecule has 0 atom stereocenters. The van der Waals surface area contributed by atoms with Crippen molar-refractivity contribution in [3.05, 3.63) is 93.9 Å². The average Bonchev–Trinajstić information content (AvgIpc) is 3.14. The first-order chi connectivity index (χ1) is 15.4. The van der Waals surface area contributed by atoms with Gasteiger partial charge in [-0.25, -0.2) is 9.50 Å². The van der Waals surface area contributed by atoms with Crippen molar-refractivity contribution in [2.75, 3.05) is 0 Å². The number of rotatable bonds is 5. The molecule has 0 bridgehead atoms. The lowest BCUT2D eigenvalue weighted by Gasteiger charge is -2.09. The second-order valence-electron chi connectivity index (χ2n) is 7.15. The fraction of sp³-hybridized carbons (Fsp3) is 0.130. The van der Waals surface area contributed by atoms with Crippen molar-refractivity contribution < 1.29 is 14.3 Å². The third kappa shape index (κ3) is 4.55. The lowest BCUT2D eigenvalue weighted by Crippen LogP contribution is -2.41. The summed E-state index contributed by atoms with van der Waals surface area (Å²) in [6, 6.07) is 14.1. The van der Waals surface area contributed by atoms with Gasteiger partial charge in [0.15, 0.2) is 5.65 Å². The van der Waals surface area contributed by atoms with Crippen LogP contribution in [0.2, 0.25) is 5.02 Å². The summed E-state index contributed by atoms with van der Waals surface area (Å²) in [5.74, 6) is -0.219. The highest BCUT2D eigenvalue weighted by atomic mass is 35.5. The van der Waals surface area contributed by atoms with Gasteiger partial charge in [0.2, 0.25) is 0 Å². The minimum atomic E-state index is -0.493. The molecule has 2 aromatic carbocycles. The fourth-order valence-corrected chi connectivity index (χ4v) is 3.25. The second kappa shape index (κ2) is 9.07.